The summed E-state index contributed by atoms with van der Waals surface area (Å²) < 4.78 is 0. The van der Waals surface area contributed by atoms with Crippen molar-refractivity contribution >= 4 is 54.0 Å². The summed E-state index contributed by atoms with van der Waals surface area (Å²) in [6, 6.07) is 43.9. The minimum atomic E-state index is -0.826. The van der Waals surface area contributed by atoms with Crippen molar-refractivity contribution in [1.82, 2.24) is 0 Å². The molecule has 0 amide bonds. The summed E-state index contributed by atoms with van der Waals surface area (Å²) in [5.41, 5.74) is 8.19. The Hall–Kier alpha value is -1.89. The van der Waals surface area contributed by atoms with E-state index >= 15 is 0 Å². The van der Waals surface area contributed by atoms with Crippen LogP contribution in [0.3, 0.4) is 0 Å². The minimum absolute atomic E-state index is 0.500. The van der Waals surface area contributed by atoms with Gasteiger partial charge in [0.15, 0.2) is 0 Å². The van der Waals surface area contributed by atoms with Gasteiger partial charge in [-0.2, -0.15) is 12.1 Å². The molecular formula is C40H44Cl2GeZr. The first-order chi connectivity index (χ1) is 21.3. The van der Waals surface area contributed by atoms with Gasteiger partial charge in [-0.3, -0.25) is 0 Å². The molecule has 6 rings (SSSR count). The summed E-state index contributed by atoms with van der Waals surface area (Å²) in [6.07, 6.45) is 2.31. The van der Waals surface area contributed by atoms with Gasteiger partial charge in [0.05, 0.1) is 0 Å². The van der Waals surface area contributed by atoms with Crippen molar-refractivity contribution in [1.29, 1.82) is 0 Å². The van der Waals surface area contributed by atoms with Crippen LogP contribution in [0.15, 0.2) is 121 Å². The van der Waals surface area contributed by atoms with Gasteiger partial charge in [-0.25, -0.2) is 0 Å². The van der Waals surface area contributed by atoms with Crippen LogP contribution in [0, 0.1) is 11.8 Å². The Balaban J connectivity index is 0.000000204. The molecule has 0 fully saturated rings. The van der Waals surface area contributed by atoms with Crippen molar-refractivity contribution in [3.05, 3.63) is 132 Å². The number of rotatable bonds is 6. The molecule has 0 saturated carbocycles. The second-order valence-corrected chi connectivity index (χ2v) is 17.7. The third-order valence-electron chi connectivity index (χ3n) is 7.08. The van der Waals surface area contributed by atoms with Gasteiger partial charge in [0.2, 0.25) is 0 Å². The Morgan fingerprint density at radius 1 is 0.568 bits per heavy atom. The molecule has 0 unspecified atom stereocenters. The van der Waals surface area contributed by atoms with Crippen molar-refractivity contribution in [2.24, 2.45) is 11.8 Å². The van der Waals surface area contributed by atoms with Crippen LogP contribution in [0.4, 0.5) is 0 Å². The summed E-state index contributed by atoms with van der Waals surface area (Å²) >= 11 is -0.326. The van der Waals surface area contributed by atoms with Crippen molar-refractivity contribution in [3.63, 3.8) is 0 Å². The van der Waals surface area contributed by atoms with Crippen molar-refractivity contribution in [3.8, 4) is 22.3 Å². The third-order valence-corrected chi connectivity index (χ3v) is 7.08. The van der Waals surface area contributed by atoms with Crippen LogP contribution in [-0.2, 0) is 33.7 Å². The third kappa shape index (κ3) is 11.2. The molecule has 0 aliphatic rings. The Morgan fingerprint density at radius 2 is 0.909 bits per heavy atom. The van der Waals surface area contributed by atoms with Crippen molar-refractivity contribution in [2.45, 2.75) is 52.0 Å². The van der Waals surface area contributed by atoms with E-state index < -0.39 is 20.8 Å². The molecule has 0 heterocycles. The fourth-order valence-corrected chi connectivity index (χ4v) is 5.51. The summed E-state index contributed by atoms with van der Waals surface area (Å²) in [6.45, 7) is 9.09. The van der Waals surface area contributed by atoms with E-state index in [9.17, 15) is 0 Å². The predicted octanol–water partition coefficient (Wildman–Crippen LogP) is 13.0. The average Bonchev–Trinajstić information content (AvgIpc) is 3.61. The van der Waals surface area contributed by atoms with Gasteiger partial charge in [-0.1, -0.05) is 112 Å². The summed E-state index contributed by atoms with van der Waals surface area (Å²) in [4.78, 5) is 0. The average molecular weight is 760 g/mol. The van der Waals surface area contributed by atoms with Gasteiger partial charge in [0.25, 0.3) is 0 Å². The molecule has 6 aromatic rings. The van der Waals surface area contributed by atoms with E-state index in [1.54, 1.807) is 0 Å². The monoisotopic (exact) mass is 758 g/mol. The number of hydrogen-bond donors (Lipinski definition) is 0. The normalized spacial score (nSPS) is 10.4. The second kappa shape index (κ2) is 19.6. The fraction of sp³-hybridized carbons (Fsp3) is 0.250. The SMILES string of the molecule is CC(C)Cc1cc2c(-c3ccccc3)cccc2[cH-]1.CC(C)Cc1cc2c(-c3ccccc3)cccc2[cH-]1.[CH3][Ge][CH3].[Cl][Zr+2][Cl]. The van der Waals surface area contributed by atoms with E-state index in [4.69, 9.17) is 17.0 Å². The zero-order valence-corrected chi connectivity index (χ0v) is 32.9. The maximum absolute atomic E-state index is 4.93. The molecular weight excluding hydrogens is 715 g/mol. The molecule has 0 spiro atoms. The molecule has 0 aromatic heterocycles. The molecule has 0 aliphatic carbocycles. The van der Waals surface area contributed by atoms with E-state index in [1.807, 2.05) is 0 Å². The van der Waals surface area contributed by atoms with Gasteiger partial charge in [-0.05, 0) is 35.8 Å². The molecule has 0 saturated heterocycles. The first-order valence-electron chi connectivity index (χ1n) is 15.3. The van der Waals surface area contributed by atoms with Crippen LogP contribution in [0.5, 0.6) is 0 Å². The Labute approximate surface area is 291 Å². The topological polar surface area (TPSA) is 0 Å². The van der Waals surface area contributed by atoms with E-state index in [-0.39, 0.29) is 0 Å². The molecule has 2 radical (unpaired) electrons. The molecule has 0 bridgehead atoms. The molecule has 0 atom stereocenters. The maximum atomic E-state index is 4.93. The number of fused-ring (bicyclic) bond motifs is 2. The summed E-state index contributed by atoms with van der Waals surface area (Å²) in [5.74, 6) is 5.91. The predicted molar refractivity (Wildman–Crippen MR) is 196 cm³/mol. The molecule has 226 valence electrons. The number of hydrogen-bond acceptors (Lipinski definition) is 0. The van der Waals surface area contributed by atoms with E-state index in [0.29, 0.717) is 27.3 Å². The van der Waals surface area contributed by atoms with Gasteiger partial charge in [-0.15, -0.1) is 69.1 Å². The van der Waals surface area contributed by atoms with Crippen LogP contribution in [0.1, 0.15) is 38.8 Å². The first-order valence-corrected chi connectivity index (χ1v) is 25.9. The fourth-order valence-electron chi connectivity index (χ4n) is 5.51. The van der Waals surface area contributed by atoms with Crippen LogP contribution in [0.25, 0.3) is 43.8 Å². The molecule has 44 heavy (non-hydrogen) atoms. The van der Waals surface area contributed by atoms with Crippen molar-refractivity contribution < 1.29 is 20.8 Å². The summed E-state index contributed by atoms with van der Waals surface area (Å²) in [5, 5.41) is 5.47. The van der Waals surface area contributed by atoms with Gasteiger partial charge in [0, 0.05) is 0 Å². The van der Waals surface area contributed by atoms with Crippen LogP contribution < -0.4 is 0 Å². The van der Waals surface area contributed by atoms with Gasteiger partial charge >= 0.3 is 64.8 Å². The Morgan fingerprint density at radius 3 is 1.23 bits per heavy atom. The van der Waals surface area contributed by atoms with Crippen LogP contribution in [-0.4, -0.2) is 15.4 Å². The molecule has 0 N–H and O–H groups in total. The van der Waals surface area contributed by atoms with Gasteiger partial charge in [0.1, 0.15) is 0 Å². The van der Waals surface area contributed by atoms with Crippen molar-refractivity contribution in [2.75, 3.05) is 0 Å². The first kappa shape index (κ1) is 36.6. The van der Waals surface area contributed by atoms with Crippen LogP contribution >= 0.6 is 17.0 Å². The van der Waals surface area contributed by atoms with E-state index in [2.05, 4.69) is 161 Å². The van der Waals surface area contributed by atoms with Crippen LogP contribution in [0.2, 0.25) is 11.5 Å². The molecule has 0 nitrogen and oxygen atoms in total. The second-order valence-electron chi connectivity index (χ2n) is 11.8. The van der Waals surface area contributed by atoms with E-state index in [1.165, 1.54) is 54.9 Å². The Bertz CT molecular complexity index is 1520. The van der Waals surface area contributed by atoms with Gasteiger partial charge < -0.3 is 0 Å². The zero-order chi connectivity index (χ0) is 31.9. The number of benzene rings is 4. The standard InChI is InChI=1S/2C19H19.C2H6Ge.2ClH.Zr/c2*1-14(2)11-15-12-17-9-6-10-18(19(17)13-15)16-7-4-3-5-8-16;1-3-2;;;/h2*3-10,12-14H,11H2,1-2H3;1-2H3;2*1H;/q2*-1;;;;+4/p-2. The Kier molecular flexibility index (Phi) is 16.3. The molecule has 4 heteroatoms. The molecule has 0 aliphatic heterocycles. The van der Waals surface area contributed by atoms with E-state index in [0.717, 1.165) is 12.8 Å². The quantitative estimate of drug-likeness (QED) is 0.117. The number of halogens is 2. The molecule has 6 aromatic carbocycles. The zero-order valence-electron chi connectivity index (χ0n) is 26.9. The summed E-state index contributed by atoms with van der Waals surface area (Å²) in [7, 11) is 9.87.